The number of hydrogen-bond acceptors (Lipinski definition) is 5. The highest BCUT2D eigenvalue weighted by Crippen LogP contribution is 2.25. The molecule has 0 saturated carbocycles. The van der Waals surface area contributed by atoms with Gasteiger partial charge in [-0.15, -0.1) is 17.9 Å². The molecule has 0 unspecified atom stereocenters. The number of sulfonamides is 1. The predicted octanol–water partition coefficient (Wildman–Crippen LogP) is 0.636. The van der Waals surface area contributed by atoms with Gasteiger partial charge in [-0.25, -0.2) is 8.42 Å². The minimum absolute atomic E-state index is 0.0726. The summed E-state index contributed by atoms with van der Waals surface area (Å²) in [4.78, 5) is 1.07. The van der Waals surface area contributed by atoms with Gasteiger partial charge in [0.2, 0.25) is 10.0 Å². The van der Waals surface area contributed by atoms with Crippen LogP contribution in [0.15, 0.2) is 29.0 Å². The van der Waals surface area contributed by atoms with Gasteiger partial charge in [-0.3, -0.25) is 0 Å². The van der Waals surface area contributed by atoms with Crippen LogP contribution in [-0.2, 0) is 16.6 Å². The Morgan fingerprint density at radius 3 is 2.89 bits per heavy atom. The maximum Gasteiger partial charge on any atom is 0.244 e. The third-order valence-corrected chi connectivity index (χ3v) is 5.34. The Morgan fingerprint density at radius 2 is 2.33 bits per heavy atom. The minimum atomic E-state index is -3.56. The first-order chi connectivity index (χ1) is 8.57. The molecule has 7 heteroatoms. The summed E-state index contributed by atoms with van der Waals surface area (Å²) in [6, 6.07) is 1.60. The lowest BCUT2D eigenvalue weighted by Crippen LogP contribution is -2.34. The molecule has 0 bridgehead atoms. The van der Waals surface area contributed by atoms with Crippen LogP contribution in [0.1, 0.15) is 4.88 Å². The topological polar surface area (TPSA) is 69.6 Å². The fourth-order valence-corrected chi connectivity index (χ4v) is 4.38. The molecule has 1 aromatic heterocycles. The SMILES string of the molecule is C=CCN(CCO)S(=O)(=O)c1ccsc1CNC. The average Bonchev–Trinajstić information content (AvgIpc) is 2.78. The molecule has 102 valence electrons. The molecule has 0 aromatic carbocycles. The van der Waals surface area contributed by atoms with E-state index in [1.54, 1.807) is 18.5 Å². The predicted molar refractivity (Wildman–Crippen MR) is 73.1 cm³/mol. The van der Waals surface area contributed by atoms with Gasteiger partial charge in [0.25, 0.3) is 0 Å². The highest BCUT2D eigenvalue weighted by Gasteiger charge is 2.26. The molecule has 0 atom stereocenters. The second-order valence-electron chi connectivity index (χ2n) is 3.61. The van der Waals surface area contributed by atoms with Crippen LogP contribution in [-0.4, -0.2) is 44.6 Å². The number of hydrogen-bond donors (Lipinski definition) is 2. The van der Waals surface area contributed by atoms with Crippen LogP contribution >= 0.6 is 11.3 Å². The van der Waals surface area contributed by atoms with Gasteiger partial charge in [0.1, 0.15) is 0 Å². The number of thiophene rings is 1. The molecule has 5 nitrogen and oxygen atoms in total. The monoisotopic (exact) mass is 290 g/mol. The van der Waals surface area contributed by atoms with Crippen molar-refractivity contribution in [1.82, 2.24) is 9.62 Å². The molecular weight excluding hydrogens is 272 g/mol. The van der Waals surface area contributed by atoms with Gasteiger partial charge in [0.15, 0.2) is 0 Å². The Bertz CT molecular complexity index is 482. The number of nitrogens with one attached hydrogen (secondary N) is 1. The van der Waals surface area contributed by atoms with E-state index >= 15 is 0 Å². The third-order valence-electron chi connectivity index (χ3n) is 2.34. The van der Waals surface area contributed by atoms with Gasteiger partial charge in [-0.1, -0.05) is 6.08 Å². The molecule has 0 aliphatic carbocycles. The van der Waals surface area contributed by atoms with Crippen molar-refractivity contribution >= 4 is 21.4 Å². The molecule has 0 aliphatic heterocycles. The molecule has 18 heavy (non-hydrogen) atoms. The summed E-state index contributed by atoms with van der Waals surface area (Å²) in [6.45, 7) is 4.10. The van der Waals surface area contributed by atoms with E-state index in [1.807, 2.05) is 0 Å². The van der Waals surface area contributed by atoms with Crippen LogP contribution in [0.25, 0.3) is 0 Å². The Morgan fingerprint density at radius 1 is 1.61 bits per heavy atom. The quantitative estimate of drug-likeness (QED) is 0.689. The first-order valence-corrected chi connectivity index (χ1v) is 7.82. The molecule has 1 aromatic rings. The van der Waals surface area contributed by atoms with Gasteiger partial charge >= 0.3 is 0 Å². The maximum absolute atomic E-state index is 12.4. The molecule has 2 N–H and O–H groups in total. The fourth-order valence-electron chi connectivity index (χ4n) is 1.55. The van der Waals surface area contributed by atoms with Crippen molar-refractivity contribution in [2.75, 3.05) is 26.7 Å². The highest BCUT2D eigenvalue weighted by molar-refractivity contribution is 7.89. The minimum Gasteiger partial charge on any atom is -0.395 e. The Balaban J connectivity index is 3.09. The van der Waals surface area contributed by atoms with Crippen molar-refractivity contribution in [2.24, 2.45) is 0 Å². The van der Waals surface area contributed by atoms with E-state index in [0.29, 0.717) is 11.4 Å². The van der Waals surface area contributed by atoms with Crippen molar-refractivity contribution < 1.29 is 13.5 Å². The van der Waals surface area contributed by atoms with Crippen molar-refractivity contribution in [3.05, 3.63) is 29.0 Å². The summed E-state index contributed by atoms with van der Waals surface area (Å²) >= 11 is 1.40. The Kier molecular flexibility index (Phi) is 5.97. The van der Waals surface area contributed by atoms with E-state index in [9.17, 15) is 8.42 Å². The first kappa shape index (κ1) is 15.3. The molecule has 1 heterocycles. The summed E-state index contributed by atoms with van der Waals surface area (Å²) in [5.41, 5.74) is 0. The van der Waals surface area contributed by atoms with Gasteiger partial charge in [0, 0.05) is 24.5 Å². The molecule has 0 aliphatic rings. The lowest BCUT2D eigenvalue weighted by molar-refractivity contribution is 0.260. The van der Waals surface area contributed by atoms with Crippen LogP contribution in [0, 0.1) is 0 Å². The number of aliphatic hydroxyl groups excluding tert-OH is 1. The maximum atomic E-state index is 12.4. The van der Waals surface area contributed by atoms with Crippen LogP contribution in [0.2, 0.25) is 0 Å². The fraction of sp³-hybridized carbons (Fsp3) is 0.455. The molecule has 0 amide bonds. The lowest BCUT2D eigenvalue weighted by Gasteiger charge is -2.19. The molecule has 0 radical (unpaired) electrons. The normalized spacial score (nSPS) is 11.9. The summed E-state index contributed by atoms with van der Waals surface area (Å²) in [6.07, 6.45) is 1.51. The second-order valence-corrected chi connectivity index (χ2v) is 6.52. The number of aliphatic hydroxyl groups is 1. The van der Waals surface area contributed by atoms with Gasteiger partial charge < -0.3 is 10.4 Å². The zero-order valence-corrected chi connectivity index (χ0v) is 11.9. The van der Waals surface area contributed by atoms with Crippen LogP contribution in [0.3, 0.4) is 0 Å². The van der Waals surface area contributed by atoms with Gasteiger partial charge in [-0.05, 0) is 18.5 Å². The van der Waals surface area contributed by atoms with Crippen molar-refractivity contribution in [3.8, 4) is 0 Å². The summed E-state index contributed by atoms with van der Waals surface area (Å²) in [5, 5.41) is 13.6. The molecule has 1 rings (SSSR count). The largest absolute Gasteiger partial charge is 0.395 e. The van der Waals surface area contributed by atoms with E-state index < -0.39 is 10.0 Å². The van der Waals surface area contributed by atoms with Crippen LogP contribution in [0.4, 0.5) is 0 Å². The molecule has 0 saturated heterocycles. The third kappa shape index (κ3) is 3.39. The molecule has 0 fully saturated rings. The van der Waals surface area contributed by atoms with E-state index in [2.05, 4.69) is 11.9 Å². The Hall–Kier alpha value is -0.730. The number of rotatable bonds is 8. The van der Waals surface area contributed by atoms with E-state index in [1.165, 1.54) is 21.7 Å². The van der Waals surface area contributed by atoms with Gasteiger partial charge in [0.05, 0.1) is 11.5 Å². The van der Waals surface area contributed by atoms with Crippen molar-refractivity contribution in [3.63, 3.8) is 0 Å². The second kappa shape index (κ2) is 7.01. The van der Waals surface area contributed by atoms with Gasteiger partial charge in [-0.2, -0.15) is 4.31 Å². The molecule has 0 spiro atoms. The highest BCUT2D eigenvalue weighted by atomic mass is 32.2. The number of nitrogens with zero attached hydrogens (tertiary/aromatic N) is 1. The summed E-state index contributed by atoms with van der Waals surface area (Å²) in [5.74, 6) is 0. The average molecular weight is 290 g/mol. The standard InChI is InChI=1S/C11H18N2O3S2/c1-3-5-13(6-7-14)18(15,16)11-4-8-17-10(11)9-12-2/h3-4,8,12,14H,1,5-7,9H2,2H3. The smallest absolute Gasteiger partial charge is 0.244 e. The first-order valence-electron chi connectivity index (χ1n) is 5.50. The lowest BCUT2D eigenvalue weighted by atomic mass is 10.5. The van der Waals surface area contributed by atoms with E-state index in [0.717, 1.165) is 4.88 Å². The van der Waals surface area contributed by atoms with Crippen LogP contribution < -0.4 is 5.32 Å². The van der Waals surface area contributed by atoms with Crippen molar-refractivity contribution in [2.45, 2.75) is 11.4 Å². The zero-order valence-electron chi connectivity index (χ0n) is 10.3. The van der Waals surface area contributed by atoms with E-state index in [4.69, 9.17) is 5.11 Å². The van der Waals surface area contributed by atoms with E-state index in [-0.39, 0.29) is 19.7 Å². The van der Waals surface area contributed by atoms with Crippen LogP contribution in [0.5, 0.6) is 0 Å². The summed E-state index contributed by atoms with van der Waals surface area (Å²) < 4.78 is 26.1. The zero-order chi connectivity index (χ0) is 13.6. The van der Waals surface area contributed by atoms with Crippen molar-refractivity contribution in [1.29, 1.82) is 0 Å². The summed E-state index contributed by atoms with van der Waals surface area (Å²) in [7, 11) is -1.79. The Labute approximate surface area is 112 Å². The molecular formula is C11H18N2O3S2.